The topological polar surface area (TPSA) is 131 Å². The van der Waals surface area contributed by atoms with E-state index in [-0.39, 0.29) is 18.4 Å². The Kier molecular flexibility index (Phi) is 8.93. The number of nitrogens with zero attached hydrogens (tertiary/aromatic N) is 1. The van der Waals surface area contributed by atoms with Gasteiger partial charge in [-0.15, -0.1) is 0 Å². The van der Waals surface area contributed by atoms with Crippen LogP contribution in [0.1, 0.15) is 37.2 Å². The summed E-state index contributed by atoms with van der Waals surface area (Å²) >= 11 is 5.97. The van der Waals surface area contributed by atoms with Gasteiger partial charge in [-0.1, -0.05) is 37.6 Å². The van der Waals surface area contributed by atoms with Crippen LogP contribution in [0.15, 0.2) is 54.7 Å². The Hall–Kier alpha value is -3.82. The first kappa shape index (κ1) is 28.2. The molecule has 1 heterocycles. The normalized spacial score (nSPS) is 14.4. The quantitative estimate of drug-likeness (QED) is 0.159. The van der Waals surface area contributed by atoms with Gasteiger partial charge in [0.1, 0.15) is 24.4 Å². The van der Waals surface area contributed by atoms with E-state index in [1.54, 1.807) is 42.6 Å². The van der Waals surface area contributed by atoms with E-state index in [0.29, 0.717) is 27.9 Å². The van der Waals surface area contributed by atoms with Gasteiger partial charge in [0.25, 0.3) is 5.91 Å². The van der Waals surface area contributed by atoms with Gasteiger partial charge in [-0.05, 0) is 66.1 Å². The Bertz CT molecular complexity index is 1320. The molecule has 1 amide bonds. The van der Waals surface area contributed by atoms with E-state index in [1.165, 1.54) is 12.0 Å². The SMILES string of the molecule is COc1cc(N(C=N)C(=O)c2cc(-c3ccc(Cl)cc3)c[nH]2)ccc1OCC(OC(=O)C(N)C(C)C)C1CC1. The lowest BCUT2D eigenvalue weighted by Crippen LogP contribution is -2.40. The summed E-state index contributed by atoms with van der Waals surface area (Å²) in [5.41, 5.74) is 8.42. The Morgan fingerprint density at radius 1 is 1.13 bits per heavy atom. The number of aromatic amines is 1. The number of carbonyl (C=O) groups excluding carboxylic acids is 2. The molecule has 0 saturated heterocycles. The molecule has 4 rings (SSSR count). The molecule has 0 spiro atoms. The third-order valence-corrected chi connectivity index (χ3v) is 6.93. The van der Waals surface area contributed by atoms with Gasteiger partial charge in [0.2, 0.25) is 0 Å². The summed E-state index contributed by atoms with van der Waals surface area (Å²) in [4.78, 5) is 29.8. The van der Waals surface area contributed by atoms with Gasteiger partial charge in [-0.3, -0.25) is 19.9 Å². The van der Waals surface area contributed by atoms with Gasteiger partial charge < -0.3 is 24.9 Å². The lowest BCUT2D eigenvalue weighted by molar-refractivity contribution is -0.154. The van der Waals surface area contributed by atoms with E-state index < -0.39 is 24.0 Å². The van der Waals surface area contributed by atoms with Gasteiger partial charge in [-0.2, -0.15) is 0 Å². The zero-order valence-corrected chi connectivity index (χ0v) is 22.9. The first-order chi connectivity index (χ1) is 18.7. The number of carbonyl (C=O) groups is 2. The van der Waals surface area contributed by atoms with Crippen LogP contribution >= 0.6 is 11.6 Å². The fraction of sp³-hybridized carbons (Fsp3) is 0.345. The summed E-state index contributed by atoms with van der Waals surface area (Å²) in [6.45, 7) is 3.90. The Morgan fingerprint density at radius 2 is 1.85 bits per heavy atom. The van der Waals surface area contributed by atoms with Gasteiger partial charge in [-0.25, -0.2) is 0 Å². The van der Waals surface area contributed by atoms with E-state index in [9.17, 15) is 9.59 Å². The smallest absolute Gasteiger partial charge is 0.323 e. The van der Waals surface area contributed by atoms with Crippen molar-refractivity contribution in [1.82, 2.24) is 4.98 Å². The molecule has 1 aliphatic rings. The van der Waals surface area contributed by atoms with Gasteiger partial charge in [0.15, 0.2) is 11.5 Å². The maximum absolute atomic E-state index is 13.3. The number of hydrogen-bond donors (Lipinski definition) is 3. The number of methoxy groups -OCH3 is 1. The van der Waals surface area contributed by atoms with Crippen molar-refractivity contribution in [1.29, 1.82) is 5.41 Å². The molecule has 1 aliphatic carbocycles. The molecular weight excluding hydrogens is 520 g/mol. The Labute approximate surface area is 232 Å². The molecule has 9 nitrogen and oxygen atoms in total. The van der Waals surface area contributed by atoms with Crippen LogP contribution in [0, 0.1) is 17.2 Å². The second-order valence-electron chi connectivity index (χ2n) is 9.84. The molecule has 0 bridgehead atoms. The van der Waals surface area contributed by atoms with Crippen molar-refractivity contribution >= 4 is 35.5 Å². The maximum atomic E-state index is 13.3. The lowest BCUT2D eigenvalue weighted by atomic mass is 10.1. The van der Waals surface area contributed by atoms with Crippen LogP contribution in [-0.2, 0) is 9.53 Å². The number of aromatic nitrogens is 1. The summed E-state index contributed by atoms with van der Waals surface area (Å²) in [6.07, 6.45) is 4.19. The van der Waals surface area contributed by atoms with Crippen molar-refractivity contribution in [2.45, 2.75) is 38.8 Å². The third kappa shape index (κ3) is 6.79. The molecule has 2 aromatic carbocycles. The highest BCUT2D eigenvalue weighted by atomic mass is 35.5. The molecule has 2 unspecified atom stereocenters. The summed E-state index contributed by atoms with van der Waals surface area (Å²) < 4.78 is 17.2. The summed E-state index contributed by atoms with van der Waals surface area (Å²) in [5.74, 6) is 0.168. The second-order valence-corrected chi connectivity index (χ2v) is 10.3. The molecule has 2 atom stereocenters. The van der Waals surface area contributed by atoms with Crippen LogP contribution in [0.5, 0.6) is 11.5 Å². The molecule has 4 N–H and O–H groups in total. The number of hydrogen-bond acceptors (Lipinski definition) is 7. The highest BCUT2D eigenvalue weighted by Crippen LogP contribution is 2.37. The van der Waals surface area contributed by atoms with E-state index in [2.05, 4.69) is 4.98 Å². The number of halogens is 1. The fourth-order valence-corrected chi connectivity index (χ4v) is 4.16. The molecular formula is C29H33ClN4O5. The number of amides is 1. The summed E-state index contributed by atoms with van der Waals surface area (Å²) in [7, 11) is 1.49. The van der Waals surface area contributed by atoms with Crippen LogP contribution in [0.4, 0.5) is 5.69 Å². The standard InChI is InChI=1S/C29H33ClN4O5/c1-17(2)27(32)29(36)39-26(19-4-5-19)15-38-24-11-10-22(13-25(24)37-3)34(16-31)28(35)23-12-20(14-33-23)18-6-8-21(30)9-7-18/h6-14,16-17,19,26-27,31,33H,4-5,15,32H2,1-3H3. The first-order valence-electron chi connectivity index (χ1n) is 12.8. The highest BCUT2D eigenvalue weighted by Gasteiger charge is 2.36. The molecule has 39 heavy (non-hydrogen) atoms. The first-order valence-corrected chi connectivity index (χ1v) is 13.1. The van der Waals surface area contributed by atoms with Gasteiger partial charge in [0, 0.05) is 17.3 Å². The molecule has 1 aromatic heterocycles. The predicted octanol–water partition coefficient (Wildman–Crippen LogP) is 5.28. The van der Waals surface area contributed by atoms with Crippen LogP contribution in [-0.4, -0.2) is 49.1 Å². The minimum Gasteiger partial charge on any atom is -0.493 e. The molecule has 206 valence electrons. The van der Waals surface area contributed by atoms with E-state index >= 15 is 0 Å². The number of H-pyrrole nitrogens is 1. The number of esters is 1. The van der Waals surface area contributed by atoms with E-state index in [1.807, 2.05) is 26.0 Å². The van der Waals surface area contributed by atoms with Crippen molar-refractivity contribution in [2.24, 2.45) is 17.6 Å². The number of benzene rings is 2. The van der Waals surface area contributed by atoms with Crippen molar-refractivity contribution in [3.8, 4) is 22.6 Å². The van der Waals surface area contributed by atoms with E-state index in [0.717, 1.165) is 30.3 Å². The number of anilines is 1. The largest absolute Gasteiger partial charge is 0.493 e. The van der Waals surface area contributed by atoms with Crippen molar-refractivity contribution in [3.05, 3.63) is 65.4 Å². The minimum absolute atomic E-state index is 0.0274. The monoisotopic (exact) mass is 552 g/mol. The molecule has 0 aliphatic heterocycles. The zero-order chi connectivity index (χ0) is 28.1. The number of ether oxygens (including phenoxy) is 3. The van der Waals surface area contributed by atoms with Crippen LogP contribution < -0.4 is 20.1 Å². The summed E-state index contributed by atoms with van der Waals surface area (Å²) in [5, 5.41) is 8.52. The molecule has 1 fully saturated rings. The predicted molar refractivity (Wildman–Crippen MR) is 151 cm³/mol. The third-order valence-electron chi connectivity index (χ3n) is 6.67. The molecule has 1 saturated carbocycles. The average molecular weight is 553 g/mol. The number of rotatable bonds is 12. The Balaban J connectivity index is 1.46. The zero-order valence-electron chi connectivity index (χ0n) is 22.1. The number of nitrogens with one attached hydrogen (secondary N) is 2. The second kappa shape index (κ2) is 12.4. The fourth-order valence-electron chi connectivity index (χ4n) is 4.04. The average Bonchev–Trinajstić information content (AvgIpc) is 3.67. The summed E-state index contributed by atoms with van der Waals surface area (Å²) in [6, 6.07) is 13.3. The highest BCUT2D eigenvalue weighted by molar-refractivity contribution is 6.30. The molecule has 0 radical (unpaired) electrons. The van der Waals surface area contributed by atoms with E-state index in [4.69, 9.17) is 37.0 Å². The lowest BCUT2D eigenvalue weighted by Gasteiger charge is -2.23. The van der Waals surface area contributed by atoms with Gasteiger partial charge >= 0.3 is 5.97 Å². The maximum Gasteiger partial charge on any atom is 0.323 e. The minimum atomic E-state index is -0.688. The van der Waals surface area contributed by atoms with Crippen molar-refractivity contribution < 1.29 is 23.8 Å². The number of nitrogens with two attached hydrogens (primary N) is 1. The van der Waals surface area contributed by atoms with Crippen LogP contribution in [0.2, 0.25) is 5.02 Å². The van der Waals surface area contributed by atoms with Crippen molar-refractivity contribution in [3.63, 3.8) is 0 Å². The Morgan fingerprint density at radius 3 is 2.46 bits per heavy atom. The van der Waals surface area contributed by atoms with Gasteiger partial charge in [0.05, 0.1) is 19.1 Å². The molecule has 10 heteroatoms. The molecule has 3 aromatic rings. The van der Waals surface area contributed by atoms with Crippen LogP contribution in [0.3, 0.4) is 0 Å². The van der Waals surface area contributed by atoms with Crippen LogP contribution in [0.25, 0.3) is 11.1 Å². The van der Waals surface area contributed by atoms with Crippen molar-refractivity contribution in [2.75, 3.05) is 18.6 Å².